The Labute approximate surface area is 131 Å². The number of aliphatic hydroxyl groups excluding tert-OH is 1. The second-order valence-electron chi connectivity index (χ2n) is 5.79. The van der Waals surface area contributed by atoms with E-state index in [-0.39, 0.29) is 18.4 Å². The molecule has 2 rings (SSSR count). The molecule has 1 aliphatic rings. The summed E-state index contributed by atoms with van der Waals surface area (Å²) in [7, 11) is 1.89. The Morgan fingerprint density at radius 1 is 1.52 bits per heavy atom. The van der Waals surface area contributed by atoms with E-state index in [1.807, 2.05) is 23.4 Å². The van der Waals surface area contributed by atoms with Crippen LogP contribution in [0.15, 0.2) is 11.4 Å². The van der Waals surface area contributed by atoms with Gasteiger partial charge in [-0.05, 0) is 24.8 Å². The van der Waals surface area contributed by atoms with Crippen molar-refractivity contribution >= 4 is 17.2 Å². The minimum Gasteiger partial charge on any atom is -0.395 e. The lowest BCUT2D eigenvalue weighted by atomic mass is 9.97. The molecule has 0 spiro atoms. The highest BCUT2D eigenvalue weighted by molar-refractivity contribution is 7.10. The summed E-state index contributed by atoms with van der Waals surface area (Å²) in [5.41, 5.74) is 0.971. The molecule has 0 bridgehead atoms. The van der Waals surface area contributed by atoms with Crippen molar-refractivity contribution in [2.45, 2.75) is 39.2 Å². The molecule has 0 radical (unpaired) electrons. The predicted octanol–water partition coefficient (Wildman–Crippen LogP) is 2.88. The van der Waals surface area contributed by atoms with Gasteiger partial charge in [-0.2, -0.15) is 0 Å². The van der Waals surface area contributed by atoms with Gasteiger partial charge in [-0.25, -0.2) is 0 Å². The average molecular weight is 305 g/mol. The van der Waals surface area contributed by atoms with E-state index in [9.17, 15) is 4.79 Å². The molecule has 114 valence electrons. The number of hydrogen-bond donors (Lipinski definition) is 1. The molecule has 4 heteroatoms. The summed E-state index contributed by atoms with van der Waals surface area (Å²) in [5.74, 6) is 6.95. The molecule has 0 aliphatic heterocycles. The van der Waals surface area contributed by atoms with Crippen LogP contribution < -0.4 is 0 Å². The summed E-state index contributed by atoms with van der Waals surface area (Å²) >= 11 is 1.64. The number of rotatable bonds is 4. The van der Waals surface area contributed by atoms with Gasteiger partial charge in [0.15, 0.2) is 0 Å². The molecule has 1 heterocycles. The molecule has 1 N–H and O–H groups in total. The summed E-state index contributed by atoms with van der Waals surface area (Å²) in [6.45, 7) is 2.94. The standard InChI is InChI=1S/C17H23NO2S/c1-13-6-5-8-16(13)17(20)18(2)11-15-10-14(12-21-15)7-3-4-9-19/h10,12-13,16,19H,4-6,8-9,11H2,1-2H3. The minimum absolute atomic E-state index is 0.0980. The van der Waals surface area contributed by atoms with E-state index in [1.54, 1.807) is 11.3 Å². The van der Waals surface area contributed by atoms with Crippen molar-refractivity contribution in [3.8, 4) is 11.8 Å². The molecule has 1 saturated carbocycles. The van der Waals surface area contributed by atoms with Gasteiger partial charge in [0.25, 0.3) is 0 Å². The Kier molecular flexibility index (Phi) is 5.84. The molecule has 2 atom stereocenters. The smallest absolute Gasteiger partial charge is 0.226 e. The number of carbonyl (C=O) groups is 1. The van der Waals surface area contributed by atoms with Crippen molar-refractivity contribution in [2.75, 3.05) is 13.7 Å². The molecule has 3 nitrogen and oxygen atoms in total. The first-order valence-electron chi connectivity index (χ1n) is 7.54. The van der Waals surface area contributed by atoms with Gasteiger partial charge in [-0.1, -0.05) is 25.2 Å². The fourth-order valence-corrected chi connectivity index (χ4v) is 3.73. The number of thiophene rings is 1. The van der Waals surface area contributed by atoms with E-state index in [0.717, 1.165) is 16.9 Å². The molecule has 21 heavy (non-hydrogen) atoms. The summed E-state index contributed by atoms with van der Waals surface area (Å²) < 4.78 is 0. The fraction of sp³-hybridized carbons (Fsp3) is 0.588. The van der Waals surface area contributed by atoms with Crippen LogP contribution in [0.4, 0.5) is 0 Å². The number of carbonyl (C=O) groups excluding carboxylic acids is 1. The van der Waals surface area contributed by atoms with E-state index in [1.165, 1.54) is 12.8 Å². The molecular weight excluding hydrogens is 282 g/mol. The van der Waals surface area contributed by atoms with Crippen LogP contribution in [0.25, 0.3) is 0 Å². The molecule has 1 aliphatic carbocycles. The summed E-state index contributed by atoms with van der Waals surface area (Å²) in [6.07, 6.45) is 3.89. The van der Waals surface area contributed by atoms with Gasteiger partial charge in [0.2, 0.25) is 5.91 Å². The molecule has 1 aromatic rings. The van der Waals surface area contributed by atoms with Gasteiger partial charge in [-0.3, -0.25) is 4.79 Å². The Balaban J connectivity index is 1.92. The second-order valence-corrected chi connectivity index (χ2v) is 6.78. The van der Waals surface area contributed by atoms with E-state index < -0.39 is 0 Å². The monoisotopic (exact) mass is 305 g/mol. The van der Waals surface area contributed by atoms with Crippen molar-refractivity contribution < 1.29 is 9.90 Å². The van der Waals surface area contributed by atoms with E-state index in [4.69, 9.17) is 5.11 Å². The van der Waals surface area contributed by atoms with Crippen LogP contribution in [0.1, 0.15) is 43.0 Å². The molecule has 1 aromatic heterocycles. The summed E-state index contributed by atoms with van der Waals surface area (Å²) in [5, 5.41) is 10.7. The van der Waals surface area contributed by atoms with Gasteiger partial charge < -0.3 is 10.0 Å². The maximum Gasteiger partial charge on any atom is 0.226 e. The van der Waals surface area contributed by atoms with Gasteiger partial charge >= 0.3 is 0 Å². The topological polar surface area (TPSA) is 40.5 Å². The third-order valence-electron chi connectivity index (χ3n) is 4.07. The number of aliphatic hydroxyl groups is 1. The zero-order chi connectivity index (χ0) is 15.2. The van der Waals surface area contributed by atoms with Crippen LogP contribution in [0.5, 0.6) is 0 Å². The molecule has 1 fully saturated rings. The Bertz CT molecular complexity index is 540. The van der Waals surface area contributed by atoms with Crippen LogP contribution in [-0.2, 0) is 11.3 Å². The highest BCUT2D eigenvalue weighted by atomic mass is 32.1. The molecule has 2 unspecified atom stereocenters. The highest BCUT2D eigenvalue weighted by Crippen LogP contribution is 2.32. The van der Waals surface area contributed by atoms with Crippen molar-refractivity contribution in [2.24, 2.45) is 11.8 Å². The lowest BCUT2D eigenvalue weighted by Gasteiger charge is -2.22. The Hall–Kier alpha value is -1.31. The number of amides is 1. The van der Waals surface area contributed by atoms with Crippen LogP contribution in [-0.4, -0.2) is 29.6 Å². The molecule has 0 aromatic carbocycles. The van der Waals surface area contributed by atoms with E-state index >= 15 is 0 Å². The maximum absolute atomic E-state index is 12.5. The second kappa shape index (κ2) is 7.63. The predicted molar refractivity (Wildman–Crippen MR) is 85.9 cm³/mol. The maximum atomic E-state index is 12.5. The Morgan fingerprint density at radius 2 is 2.33 bits per heavy atom. The van der Waals surface area contributed by atoms with Crippen molar-refractivity contribution in [1.82, 2.24) is 4.90 Å². The lowest BCUT2D eigenvalue weighted by molar-refractivity contribution is -0.135. The van der Waals surface area contributed by atoms with Crippen LogP contribution in [0.3, 0.4) is 0 Å². The van der Waals surface area contributed by atoms with Crippen LogP contribution in [0.2, 0.25) is 0 Å². The summed E-state index contributed by atoms with van der Waals surface area (Å²) in [4.78, 5) is 15.5. The minimum atomic E-state index is 0.0980. The number of nitrogens with zero attached hydrogens (tertiary/aromatic N) is 1. The largest absolute Gasteiger partial charge is 0.395 e. The van der Waals surface area contributed by atoms with Gasteiger partial charge in [0, 0.05) is 35.2 Å². The SMILES string of the molecule is CC1CCCC1C(=O)N(C)Cc1cc(C#CCCO)cs1. The first kappa shape index (κ1) is 16.1. The number of hydrogen-bond acceptors (Lipinski definition) is 3. The zero-order valence-electron chi connectivity index (χ0n) is 12.8. The first-order valence-corrected chi connectivity index (χ1v) is 8.42. The van der Waals surface area contributed by atoms with Gasteiger partial charge in [-0.15, -0.1) is 11.3 Å². The van der Waals surface area contributed by atoms with Crippen molar-refractivity contribution in [1.29, 1.82) is 0 Å². The van der Waals surface area contributed by atoms with Crippen molar-refractivity contribution in [3.63, 3.8) is 0 Å². The van der Waals surface area contributed by atoms with E-state index in [2.05, 4.69) is 18.8 Å². The summed E-state index contributed by atoms with van der Waals surface area (Å²) in [6, 6.07) is 2.04. The first-order chi connectivity index (χ1) is 10.1. The Morgan fingerprint density at radius 3 is 3.00 bits per heavy atom. The lowest BCUT2D eigenvalue weighted by Crippen LogP contribution is -2.33. The zero-order valence-corrected chi connectivity index (χ0v) is 13.6. The molecule has 0 saturated heterocycles. The molecule has 1 amide bonds. The average Bonchev–Trinajstić information content (AvgIpc) is 3.07. The van der Waals surface area contributed by atoms with Crippen molar-refractivity contribution in [3.05, 3.63) is 21.9 Å². The van der Waals surface area contributed by atoms with Crippen LogP contribution >= 0.6 is 11.3 Å². The quantitative estimate of drug-likeness (QED) is 0.869. The van der Waals surface area contributed by atoms with E-state index in [0.29, 0.717) is 18.9 Å². The third kappa shape index (κ3) is 4.33. The highest BCUT2D eigenvalue weighted by Gasteiger charge is 2.31. The van der Waals surface area contributed by atoms with Crippen LogP contribution in [0, 0.1) is 23.7 Å². The molecular formula is C17H23NO2S. The van der Waals surface area contributed by atoms with Gasteiger partial charge in [0.1, 0.15) is 0 Å². The fourth-order valence-electron chi connectivity index (χ4n) is 2.86. The normalized spacial score (nSPS) is 20.9. The van der Waals surface area contributed by atoms with Gasteiger partial charge in [0.05, 0.1) is 13.2 Å². The third-order valence-corrected chi connectivity index (χ3v) is 4.99.